The Bertz CT molecular complexity index is 411. The molecule has 1 rings (SSSR count). The van der Waals surface area contributed by atoms with Gasteiger partial charge in [-0.15, -0.1) is 0 Å². The van der Waals surface area contributed by atoms with E-state index in [1.165, 1.54) is 11.1 Å². The van der Waals surface area contributed by atoms with Gasteiger partial charge in [0.15, 0.2) is 0 Å². The Morgan fingerprint density at radius 3 is 2.53 bits per heavy atom. The van der Waals surface area contributed by atoms with E-state index in [1.807, 2.05) is 30.9 Å². The number of rotatable bonds is 7. The fourth-order valence-electron chi connectivity index (χ4n) is 2.02. The van der Waals surface area contributed by atoms with Crippen LogP contribution in [0.25, 0.3) is 0 Å². The first-order valence-corrected chi connectivity index (χ1v) is 7.06. The predicted octanol–water partition coefficient (Wildman–Crippen LogP) is 3.33. The molecule has 0 N–H and O–H groups in total. The molecule has 0 saturated heterocycles. The number of ether oxygens (including phenoxy) is 1. The van der Waals surface area contributed by atoms with Gasteiger partial charge in [0.1, 0.15) is 5.75 Å². The van der Waals surface area contributed by atoms with Crippen LogP contribution in [0.2, 0.25) is 0 Å². The van der Waals surface area contributed by atoms with Gasteiger partial charge in [-0.3, -0.25) is 4.79 Å². The van der Waals surface area contributed by atoms with Crippen molar-refractivity contribution in [2.45, 2.75) is 40.5 Å². The summed E-state index contributed by atoms with van der Waals surface area (Å²) in [7, 11) is 0. The Morgan fingerprint density at radius 1 is 1.21 bits per heavy atom. The molecule has 0 aliphatic heterocycles. The Kier molecular flexibility index (Phi) is 6.40. The van der Waals surface area contributed by atoms with Crippen LogP contribution in [0.15, 0.2) is 18.2 Å². The summed E-state index contributed by atoms with van der Waals surface area (Å²) < 4.78 is 5.74. The molecule has 1 aromatic rings. The van der Waals surface area contributed by atoms with Crippen LogP contribution in [0.5, 0.6) is 5.75 Å². The van der Waals surface area contributed by atoms with E-state index in [9.17, 15) is 4.79 Å². The second-order valence-corrected chi connectivity index (χ2v) is 4.72. The maximum absolute atomic E-state index is 11.8. The van der Waals surface area contributed by atoms with Gasteiger partial charge in [-0.1, -0.05) is 12.1 Å². The van der Waals surface area contributed by atoms with Crippen molar-refractivity contribution in [2.24, 2.45) is 0 Å². The zero-order valence-corrected chi connectivity index (χ0v) is 12.5. The van der Waals surface area contributed by atoms with E-state index in [4.69, 9.17) is 4.74 Å². The summed E-state index contributed by atoms with van der Waals surface area (Å²) in [5, 5.41) is 0. The maximum atomic E-state index is 11.8. The SMILES string of the molecule is CCN(CC)C(=O)CCCOc1cccc(C)c1C. The Hall–Kier alpha value is -1.51. The number of amides is 1. The normalized spacial score (nSPS) is 10.3. The molecule has 0 aliphatic carbocycles. The molecule has 0 aromatic heterocycles. The van der Waals surface area contributed by atoms with E-state index >= 15 is 0 Å². The Balaban J connectivity index is 2.35. The third-order valence-corrected chi connectivity index (χ3v) is 3.46. The summed E-state index contributed by atoms with van der Waals surface area (Å²) >= 11 is 0. The summed E-state index contributed by atoms with van der Waals surface area (Å²) in [4.78, 5) is 13.7. The second-order valence-electron chi connectivity index (χ2n) is 4.72. The highest BCUT2D eigenvalue weighted by Gasteiger charge is 2.09. The molecule has 106 valence electrons. The average Bonchev–Trinajstić information content (AvgIpc) is 2.40. The van der Waals surface area contributed by atoms with Gasteiger partial charge < -0.3 is 9.64 Å². The lowest BCUT2D eigenvalue weighted by atomic mass is 10.1. The lowest BCUT2D eigenvalue weighted by Gasteiger charge is -2.18. The number of carbonyl (C=O) groups is 1. The molecule has 0 bridgehead atoms. The van der Waals surface area contributed by atoms with Crippen molar-refractivity contribution in [2.75, 3.05) is 19.7 Å². The van der Waals surface area contributed by atoms with E-state index < -0.39 is 0 Å². The van der Waals surface area contributed by atoms with E-state index in [-0.39, 0.29) is 5.91 Å². The largest absolute Gasteiger partial charge is 0.493 e. The van der Waals surface area contributed by atoms with Crippen LogP contribution in [0.4, 0.5) is 0 Å². The molecule has 0 radical (unpaired) electrons. The molecule has 0 saturated carbocycles. The minimum atomic E-state index is 0.217. The fraction of sp³-hybridized carbons (Fsp3) is 0.562. The van der Waals surface area contributed by atoms with E-state index in [0.717, 1.165) is 25.3 Å². The van der Waals surface area contributed by atoms with Crippen LogP contribution in [0.3, 0.4) is 0 Å². The number of carbonyl (C=O) groups excluding carboxylic acids is 1. The minimum Gasteiger partial charge on any atom is -0.493 e. The molecular formula is C16H25NO2. The maximum Gasteiger partial charge on any atom is 0.222 e. The first-order chi connectivity index (χ1) is 9.10. The molecule has 0 spiro atoms. The van der Waals surface area contributed by atoms with Gasteiger partial charge >= 0.3 is 0 Å². The summed E-state index contributed by atoms with van der Waals surface area (Å²) in [6, 6.07) is 6.05. The standard InChI is InChI=1S/C16H25NO2/c1-5-17(6-2)16(18)11-8-12-19-15-10-7-9-13(3)14(15)4/h7,9-10H,5-6,8,11-12H2,1-4H3. The van der Waals surface area contributed by atoms with Gasteiger partial charge in [-0.25, -0.2) is 0 Å². The van der Waals surface area contributed by atoms with Crippen LogP contribution in [-0.2, 0) is 4.79 Å². The van der Waals surface area contributed by atoms with Crippen molar-refractivity contribution in [3.05, 3.63) is 29.3 Å². The number of benzene rings is 1. The molecule has 0 unspecified atom stereocenters. The third-order valence-electron chi connectivity index (χ3n) is 3.46. The highest BCUT2D eigenvalue weighted by atomic mass is 16.5. The quantitative estimate of drug-likeness (QED) is 0.706. The molecule has 0 aliphatic rings. The summed E-state index contributed by atoms with van der Waals surface area (Å²) in [6.07, 6.45) is 1.33. The number of hydrogen-bond acceptors (Lipinski definition) is 2. The van der Waals surface area contributed by atoms with Crippen LogP contribution in [0, 0.1) is 13.8 Å². The highest BCUT2D eigenvalue weighted by Crippen LogP contribution is 2.20. The highest BCUT2D eigenvalue weighted by molar-refractivity contribution is 5.76. The van der Waals surface area contributed by atoms with Crippen molar-refractivity contribution in [3.8, 4) is 5.75 Å². The molecule has 0 fully saturated rings. The third kappa shape index (κ3) is 4.58. The number of hydrogen-bond donors (Lipinski definition) is 0. The zero-order valence-electron chi connectivity index (χ0n) is 12.5. The smallest absolute Gasteiger partial charge is 0.222 e. The van der Waals surface area contributed by atoms with Crippen molar-refractivity contribution >= 4 is 5.91 Å². The fourth-order valence-corrected chi connectivity index (χ4v) is 2.02. The van der Waals surface area contributed by atoms with Gasteiger partial charge in [0.2, 0.25) is 5.91 Å². The second kappa shape index (κ2) is 7.82. The molecule has 1 aromatic carbocycles. The number of nitrogens with zero attached hydrogens (tertiary/aromatic N) is 1. The summed E-state index contributed by atoms with van der Waals surface area (Å²) in [6.45, 7) is 10.3. The van der Waals surface area contributed by atoms with Crippen molar-refractivity contribution in [3.63, 3.8) is 0 Å². The Labute approximate surface area is 116 Å². The average molecular weight is 263 g/mol. The van der Waals surface area contributed by atoms with E-state index in [0.29, 0.717) is 13.0 Å². The van der Waals surface area contributed by atoms with Crippen molar-refractivity contribution in [1.29, 1.82) is 0 Å². The lowest BCUT2D eigenvalue weighted by molar-refractivity contribution is -0.131. The molecule has 0 heterocycles. The Morgan fingerprint density at radius 2 is 1.89 bits per heavy atom. The first kappa shape index (κ1) is 15.5. The van der Waals surface area contributed by atoms with Crippen LogP contribution >= 0.6 is 0 Å². The first-order valence-electron chi connectivity index (χ1n) is 7.06. The molecule has 1 amide bonds. The van der Waals surface area contributed by atoms with Gasteiger partial charge in [0, 0.05) is 19.5 Å². The minimum absolute atomic E-state index is 0.217. The van der Waals surface area contributed by atoms with Crippen molar-refractivity contribution < 1.29 is 9.53 Å². The van der Waals surface area contributed by atoms with Gasteiger partial charge in [0.05, 0.1) is 6.61 Å². The predicted molar refractivity (Wildman–Crippen MR) is 78.6 cm³/mol. The van der Waals surface area contributed by atoms with Gasteiger partial charge in [-0.05, 0) is 51.3 Å². The van der Waals surface area contributed by atoms with Gasteiger partial charge in [0.25, 0.3) is 0 Å². The van der Waals surface area contributed by atoms with Gasteiger partial charge in [-0.2, -0.15) is 0 Å². The van der Waals surface area contributed by atoms with Crippen molar-refractivity contribution in [1.82, 2.24) is 4.90 Å². The summed E-state index contributed by atoms with van der Waals surface area (Å²) in [5.41, 5.74) is 2.41. The van der Waals surface area contributed by atoms with E-state index in [2.05, 4.69) is 19.9 Å². The molecular weight excluding hydrogens is 238 g/mol. The zero-order chi connectivity index (χ0) is 14.3. The van der Waals surface area contributed by atoms with Crippen LogP contribution in [-0.4, -0.2) is 30.5 Å². The molecule has 19 heavy (non-hydrogen) atoms. The molecule has 0 atom stereocenters. The summed E-state index contributed by atoms with van der Waals surface area (Å²) in [5.74, 6) is 1.14. The topological polar surface area (TPSA) is 29.5 Å². The number of aryl methyl sites for hydroxylation is 1. The van der Waals surface area contributed by atoms with E-state index in [1.54, 1.807) is 0 Å². The molecule has 3 heteroatoms. The monoisotopic (exact) mass is 263 g/mol. The molecule has 3 nitrogen and oxygen atoms in total. The van der Waals surface area contributed by atoms with Crippen LogP contribution in [0.1, 0.15) is 37.8 Å². The lowest BCUT2D eigenvalue weighted by Crippen LogP contribution is -2.30. The van der Waals surface area contributed by atoms with Crippen LogP contribution < -0.4 is 4.74 Å².